The van der Waals surface area contributed by atoms with Crippen molar-refractivity contribution in [3.8, 4) is 28.9 Å². The predicted octanol–water partition coefficient (Wildman–Crippen LogP) is 8.15. The average Bonchev–Trinajstić information content (AvgIpc) is 3.16. The Bertz CT molecular complexity index is 2360. The highest BCUT2D eigenvalue weighted by Crippen LogP contribution is 2.41. The first-order valence-electron chi connectivity index (χ1n) is 18.4. The van der Waals surface area contributed by atoms with Gasteiger partial charge in [-0.2, -0.15) is 4.98 Å². The number of carboxylic acid groups (broad SMARTS) is 1. The van der Waals surface area contributed by atoms with E-state index in [0.29, 0.717) is 45.1 Å². The highest BCUT2D eigenvalue weighted by Gasteiger charge is 2.25. The van der Waals surface area contributed by atoms with E-state index in [-0.39, 0.29) is 54.9 Å². The third-order valence-electron chi connectivity index (χ3n) is 8.80. The summed E-state index contributed by atoms with van der Waals surface area (Å²) in [6, 6.07) is 20.6. The molecule has 0 radical (unpaired) electrons. The monoisotopic (exact) mass is 816 g/mol. The third-order valence-corrected chi connectivity index (χ3v) is 9.39. The molecule has 0 unspecified atom stereocenters. The van der Waals surface area contributed by atoms with Crippen LogP contribution in [0.2, 0.25) is 0 Å². The maximum atomic E-state index is 13.6. The highest BCUT2D eigenvalue weighted by molar-refractivity contribution is 7.92. The van der Waals surface area contributed by atoms with Crippen molar-refractivity contribution >= 4 is 61.5 Å². The second-order valence-corrected chi connectivity index (χ2v) is 15.5. The van der Waals surface area contributed by atoms with Crippen LogP contribution < -0.4 is 39.6 Å². The van der Waals surface area contributed by atoms with Gasteiger partial charge in [-0.25, -0.2) is 18.2 Å². The number of anilines is 5. The van der Waals surface area contributed by atoms with E-state index in [9.17, 15) is 18.0 Å². The fourth-order valence-corrected chi connectivity index (χ4v) is 6.70. The van der Waals surface area contributed by atoms with Gasteiger partial charge in [0.1, 0.15) is 23.9 Å². The standard InChI is InChI=1S/C41H48N6O10S/c1-7-16-41(2,3)26-21-33(38(54-5)34(22-26)47-58(6,51)52)45-40(50)44-32-12-13-35(31-11-9-8-10-30(31)32)57-36-14-17-42-39(46-36)43-27-23-28(53-4)25-29(24-27)56-20-19-55-18-15-37(48)49/h8-14,17,21-25,47H,7,15-16,18-20H2,1-6H3,(H,48,49)(H,42,43,46)(H2,44,45,50). The molecule has 0 bridgehead atoms. The number of amides is 2. The number of nitrogens with one attached hydrogen (secondary N) is 4. The largest absolute Gasteiger partial charge is 0.497 e. The van der Waals surface area contributed by atoms with Crippen LogP contribution in [0.25, 0.3) is 10.8 Å². The van der Waals surface area contributed by atoms with Crippen LogP contribution in [0.15, 0.2) is 79.0 Å². The van der Waals surface area contributed by atoms with Gasteiger partial charge < -0.3 is 44.7 Å². The molecule has 5 rings (SSSR count). The van der Waals surface area contributed by atoms with Crippen molar-refractivity contribution in [3.63, 3.8) is 0 Å². The van der Waals surface area contributed by atoms with E-state index in [1.165, 1.54) is 14.2 Å². The Morgan fingerprint density at radius 2 is 1.57 bits per heavy atom. The van der Waals surface area contributed by atoms with Gasteiger partial charge in [0.25, 0.3) is 0 Å². The number of carbonyl (C=O) groups excluding carboxylic acids is 1. The molecule has 0 saturated carbocycles. The van der Waals surface area contributed by atoms with Crippen molar-refractivity contribution in [2.75, 3.05) is 61.0 Å². The molecule has 16 nitrogen and oxygen atoms in total. The minimum atomic E-state index is -3.66. The molecule has 308 valence electrons. The summed E-state index contributed by atoms with van der Waals surface area (Å²) in [6.45, 7) is 6.69. The van der Waals surface area contributed by atoms with E-state index >= 15 is 0 Å². The van der Waals surface area contributed by atoms with E-state index < -0.39 is 22.0 Å². The minimum Gasteiger partial charge on any atom is -0.497 e. The molecule has 1 aromatic heterocycles. The molecule has 5 N–H and O–H groups in total. The number of benzene rings is 4. The number of sulfonamides is 1. The number of nitrogens with zero attached hydrogens (tertiary/aromatic N) is 2. The van der Waals surface area contributed by atoms with Crippen LogP contribution in [0.4, 0.5) is 33.5 Å². The first-order valence-corrected chi connectivity index (χ1v) is 20.3. The molecule has 58 heavy (non-hydrogen) atoms. The maximum absolute atomic E-state index is 13.6. The molecule has 0 saturated heterocycles. The molecule has 1 heterocycles. The average molecular weight is 817 g/mol. The van der Waals surface area contributed by atoms with Crippen LogP contribution in [0.1, 0.15) is 45.6 Å². The predicted molar refractivity (Wildman–Crippen MR) is 223 cm³/mol. The second-order valence-electron chi connectivity index (χ2n) is 13.8. The molecule has 0 aliphatic heterocycles. The van der Waals surface area contributed by atoms with Gasteiger partial charge in [-0.15, -0.1) is 0 Å². The van der Waals surface area contributed by atoms with Crippen LogP contribution in [0.5, 0.6) is 28.9 Å². The smallest absolute Gasteiger partial charge is 0.323 e. The van der Waals surface area contributed by atoms with Crippen molar-refractivity contribution in [3.05, 3.63) is 84.6 Å². The Labute approximate surface area is 337 Å². The van der Waals surface area contributed by atoms with Gasteiger partial charge in [0.15, 0.2) is 5.75 Å². The number of rotatable bonds is 20. The molecule has 2 amide bonds. The normalized spacial score (nSPS) is 11.4. The van der Waals surface area contributed by atoms with Crippen molar-refractivity contribution in [1.82, 2.24) is 9.97 Å². The number of ether oxygens (including phenoxy) is 5. The maximum Gasteiger partial charge on any atom is 0.323 e. The zero-order valence-corrected chi connectivity index (χ0v) is 34.0. The minimum absolute atomic E-state index is 0.0875. The Balaban J connectivity index is 1.33. The Hall–Kier alpha value is -6.33. The number of aromatic nitrogens is 2. The quantitative estimate of drug-likeness (QED) is 0.0471. The molecule has 0 atom stereocenters. The summed E-state index contributed by atoms with van der Waals surface area (Å²) in [7, 11) is -0.726. The number of carbonyl (C=O) groups is 2. The number of methoxy groups -OCH3 is 2. The van der Waals surface area contributed by atoms with E-state index in [2.05, 4.69) is 51.4 Å². The summed E-state index contributed by atoms with van der Waals surface area (Å²) >= 11 is 0. The molecule has 4 aromatic carbocycles. The van der Waals surface area contributed by atoms with Crippen LogP contribution >= 0.6 is 0 Å². The number of hydrogen-bond donors (Lipinski definition) is 5. The van der Waals surface area contributed by atoms with E-state index in [1.807, 2.05) is 24.3 Å². The zero-order valence-electron chi connectivity index (χ0n) is 33.2. The lowest BCUT2D eigenvalue weighted by molar-refractivity contribution is -0.138. The highest BCUT2D eigenvalue weighted by atomic mass is 32.2. The summed E-state index contributed by atoms with van der Waals surface area (Å²) in [6.07, 6.45) is 4.24. The molecule has 0 aliphatic carbocycles. The first-order chi connectivity index (χ1) is 27.7. The fourth-order valence-electron chi connectivity index (χ4n) is 6.15. The molecule has 0 aliphatic rings. The van der Waals surface area contributed by atoms with Gasteiger partial charge in [-0.3, -0.25) is 9.52 Å². The first kappa shape index (κ1) is 42.8. The Morgan fingerprint density at radius 3 is 2.28 bits per heavy atom. The van der Waals surface area contributed by atoms with Crippen molar-refractivity contribution < 1.29 is 46.8 Å². The van der Waals surface area contributed by atoms with Crippen molar-refractivity contribution in [1.29, 1.82) is 0 Å². The lowest BCUT2D eigenvalue weighted by atomic mass is 9.80. The van der Waals surface area contributed by atoms with Crippen LogP contribution in [0, 0.1) is 0 Å². The number of urea groups is 1. The molecule has 17 heteroatoms. The van der Waals surface area contributed by atoms with E-state index in [4.69, 9.17) is 28.8 Å². The number of fused-ring (bicyclic) bond motifs is 1. The number of carboxylic acids is 1. The van der Waals surface area contributed by atoms with Crippen LogP contribution in [-0.2, 0) is 25.0 Å². The summed E-state index contributed by atoms with van der Waals surface area (Å²) in [5.41, 5.74) is 2.07. The second kappa shape index (κ2) is 19.2. The molecule has 5 aromatic rings. The number of hydrogen-bond acceptors (Lipinski definition) is 12. The summed E-state index contributed by atoms with van der Waals surface area (Å²) in [5, 5.41) is 19.1. The van der Waals surface area contributed by atoms with Gasteiger partial charge in [0.05, 0.1) is 57.2 Å². The molecular formula is C41H48N6O10S. The summed E-state index contributed by atoms with van der Waals surface area (Å²) in [4.78, 5) is 33.1. The van der Waals surface area contributed by atoms with Gasteiger partial charge >= 0.3 is 12.0 Å². The van der Waals surface area contributed by atoms with Gasteiger partial charge in [0, 0.05) is 46.9 Å². The van der Waals surface area contributed by atoms with Gasteiger partial charge in [0.2, 0.25) is 21.9 Å². The van der Waals surface area contributed by atoms with Gasteiger partial charge in [-0.1, -0.05) is 51.5 Å². The summed E-state index contributed by atoms with van der Waals surface area (Å²) < 4.78 is 55.4. The molecular weight excluding hydrogens is 769 g/mol. The van der Waals surface area contributed by atoms with Crippen LogP contribution in [-0.4, -0.2) is 75.8 Å². The van der Waals surface area contributed by atoms with E-state index in [0.717, 1.165) is 24.7 Å². The van der Waals surface area contributed by atoms with Crippen LogP contribution in [0.3, 0.4) is 0 Å². The SMILES string of the molecule is CCCC(C)(C)c1cc(NC(=O)Nc2ccc(Oc3ccnc(Nc4cc(OC)cc(OCCOCCC(=O)O)c4)n3)c3ccccc23)c(OC)c(NS(C)(=O)=O)c1. The third kappa shape index (κ3) is 11.8. The number of aliphatic carboxylic acids is 1. The fraction of sp³-hybridized carbons (Fsp3) is 0.317. The van der Waals surface area contributed by atoms with E-state index in [1.54, 1.807) is 54.7 Å². The zero-order chi connectivity index (χ0) is 41.9. The van der Waals surface area contributed by atoms with Crippen molar-refractivity contribution in [2.45, 2.75) is 45.4 Å². The van der Waals surface area contributed by atoms with Crippen molar-refractivity contribution in [2.24, 2.45) is 0 Å². The lowest BCUT2D eigenvalue weighted by Gasteiger charge is -2.27. The molecule has 0 spiro atoms. The Morgan fingerprint density at radius 1 is 0.845 bits per heavy atom. The lowest BCUT2D eigenvalue weighted by Crippen LogP contribution is -2.22. The Kier molecular flexibility index (Phi) is 14.2. The van der Waals surface area contributed by atoms with Gasteiger partial charge in [-0.05, 0) is 41.7 Å². The topological polar surface area (TPSA) is 209 Å². The molecule has 0 fully saturated rings. The summed E-state index contributed by atoms with van der Waals surface area (Å²) in [5.74, 6) is 1.19.